The minimum absolute atomic E-state index is 0.167. The number of hydrogen-bond donors (Lipinski definition) is 2. The first-order valence-electron chi connectivity index (χ1n) is 5.38. The van der Waals surface area contributed by atoms with Gasteiger partial charge in [-0.3, -0.25) is 4.79 Å². The summed E-state index contributed by atoms with van der Waals surface area (Å²) in [6, 6.07) is 0. The van der Waals surface area contributed by atoms with Gasteiger partial charge in [-0.2, -0.15) is 0 Å². The highest BCUT2D eigenvalue weighted by Gasteiger charge is 1.97. The molecule has 0 fully saturated rings. The molecule has 0 aromatic carbocycles. The van der Waals surface area contributed by atoms with Crippen LogP contribution in [0.3, 0.4) is 0 Å². The molecule has 0 bridgehead atoms. The minimum atomic E-state index is -0.167. The average Bonchev–Trinajstić information content (AvgIpc) is 2.28. The van der Waals surface area contributed by atoms with Crippen molar-refractivity contribution in [1.82, 2.24) is 5.32 Å². The number of hydrogen-bond acceptors (Lipinski definition) is 3. The van der Waals surface area contributed by atoms with Crippen LogP contribution in [0.5, 0.6) is 0 Å². The van der Waals surface area contributed by atoms with E-state index < -0.39 is 0 Å². The lowest BCUT2D eigenvalue weighted by molar-refractivity contribution is -0.108. The van der Waals surface area contributed by atoms with Crippen LogP contribution in [-0.2, 0) is 4.79 Å². The van der Waals surface area contributed by atoms with E-state index in [1.807, 2.05) is 13.8 Å². The van der Waals surface area contributed by atoms with Crippen molar-refractivity contribution in [2.75, 3.05) is 0 Å². The zero-order valence-corrected chi connectivity index (χ0v) is 12.8. The number of rotatable bonds is 4. The second-order valence-electron chi connectivity index (χ2n) is 2.66. The summed E-state index contributed by atoms with van der Waals surface area (Å²) in [4.78, 5) is 13.9. The third kappa shape index (κ3) is 21.0. The largest absolute Gasteiger partial charge is 0.394 e. The standard InChI is InChI=1S/C7H9BrN2O.C3H8O.C2H6/c1-3-6(10-5-11)7(8)9-4-2;1-3(2)4;1-2/h3-5H,2H2,1H3,(H,10,11);3-4H,1-2H3;1-2H3/b6-3+,9-7?;;. The Bertz CT molecular complexity index is 246. The number of nitrogens with zero attached hydrogens (tertiary/aromatic N) is 1. The van der Waals surface area contributed by atoms with Crippen molar-refractivity contribution in [1.29, 1.82) is 0 Å². The van der Waals surface area contributed by atoms with Crippen molar-refractivity contribution >= 4 is 27.0 Å². The van der Waals surface area contributed by atoms with Gasteiger partial charge in [-0.05, 0) is 36.7 Å². The first kappa shape index (κ1) is 21.4. The Hall–Kier alpha value is -0.940. The SMILES string of the molecule is C=CN=C(Br)/C(=C\C)NC=O.CC.CC(C)O. The molecule has 100 valence electrons. The maximum atomic E-state index is 10.0. The van der Waals surface area contributed by atoms with Gasteiger partial charge in [0.15, 0.2) is 0 Å². The lowest BCUT2D eigenvalue weighted by atomic mass is 10.4. The highest BCUT2D eigenvalue weighted by atomic mass is 79.9. The molecule has 0 heterocycles. The summed E-state index contributed by atoms with van der Waals surface area (Å²) in [6.45, 7) is 12.7. The molecule has 0 saturated carbocycles. The van der Waals surface area contributed by atoms with Gasteiger partial charge < -0.3 is 10.4 Å². The summed E-state index contributed by atoms with van der Waals surface area (Å²) >= 11 is 3.15. The molecule has 0 aromatic heterocycles. The normalized spacial score (nSPS) is 10.6. The molecule has 0 aliphatic carbocycles. The van der Waals surface area contributed by atoms with Crippen molar-refractivity contribution in [3.05, 3.63) is 24.6 Å². The zero-order chi connectivity index (χ0) is 14.3. The Morgan fingerprint density at radius 1 is 1.47 bits per heavy atom. The van der Waals surface area contributed by atoms with E-state index >= 15 is 0 Å². The molecule has 0 spiro atoms. The highest BCUT2D eigenvalue weighted by Crippen LogP contribution is 2.00. The minimum Gasteiger partial charge on any atom is -0.394 e. The molecular weight excluding hydrogens is 284 g/mol. The van der Waals surface area contributed by atoms with E-state index in [1.54, 1.807) is 26.8 Å². The van der Waals surface area contributed by atoms with Gasteiger partial charge in [-0.25, -0.2) is 4.99 Å². The summed E-state index contributed by atoms with van der Waals surface area (Å²) in [7, 11) is 0. The number of aliphatic imine (C=N–C) groups is 1. The molecule has 0 atom stereocenters. The Morgan fingerprint density at radius 3 is 2.12 bits per heavy atom. The summed E-state index contributed by atoms with van der Waals surface area (Å²) in [5.74, 6) is 0. The molecule has 0 saturated heterocycles. The molecule has 5 heteroatoms. The molecule has 0 aromatic rings. The highest BCUT2D eigenvalue weighted by molar-refractivity contribution is 9.18. The first-order chi connectivity index (χ1) is 7.99. The van der Waals surface area contributed by atoms with Gasteiger partial charge in [0.25, 0.3) is 0 Å². The number of carbonyl (C=O) groups excluding carboxylic acids is 1. The quantitative estimate of drug-likeness (QED) is 0.619. The van der Waals surface area contributed by atoms with E-state index in [1.165, 1.54) is 6.20 Å². The number of amides is 1. The predicted octanol–water partition coefficient (Wildman–Crippen LogP) is 2.99. The predicted molar refractivity (Wildman–Crippen MR) is 78.2 cm³/mol. The van der Waals surface area contributed by atoms with Crippen LogP contribution in [0.25, 0.3) is 0 Å². The topological polar surface area (TPSA) is 61.7 Å². The summed E-state index contributed by atoms with van der Waals surface area (Å²) < 4.78 is 0.558. The summed E-state index contributed by atoms with van der Waals surface area (Å²) in [6.07, 6.45) is 3.54. The Kier molecular flexibility index (Phi) is 21.9. The van der Waals surface area contributed by atoms with Crippen LogP contribution in [0.15, 0.2) is 29.5 Å². The van der Waals surface area contributed by atoms with E-state index in [4.69, 9.17) is 5.11 Å². The van der Waals surface area contributed by atoms with E-state index in [-0.39, 0.29) is 6.10 Å². The second-order valence-corrected chi connectivity index (χ2v) is 3.41. The molecule has 0 aliphatic heterocycles. The van der Waals surface area contributed by atoms with Crippen LogP contribution in [0.2, 0.25) is 0 Å². The van der Waals surface area contributed by atoms with Crippen molar-refractivity contribution in [3.63, 3.8) is 0 Å². The fourth-order valence-corrected chi connectivity index (χ4v) is 0.963. The number of allylic oxidation sites excluding steroid dienone is 2. The van der Waals surface area contributed by atoms with Crippen LogP contribution in [0.4, 0.5) is 0 Å². The maximum Gasteiger partial charge on any atom is 0.211 e. The lowest BCUT2D eigenvalue weighted by Gasteiger charge is -1.99. The third-order valence-electron chi connectivity index (χ3n) is 0.930. The number of halogens is 1. The van der Waals surface area contributed by atoms with E-state index in [9.17, 15) is 4.79 Å². The van der Waals surface area contributed by atoms with Crippen molar-refractivity contribution in [3.8, 4) is 0 Å². The van der Waals surface area contributed by atoms with Gasteiger partial charge in [-0.15, -0.1) is 0 Å². The van der Waals surface area contributed by atoms with Gasteiger partial charge in [0.1, 0.15) is 4.62 Å². The Balaban J connectivity index is -0.000000275. The van der Waals surface area contributed by atoms with Gasteiger partial charge in [0.05, 0.1) is 5.70 Å². The monoisotopic (exact) mass is 306 g/mol. The third-order valence-corrected chi connectivity index (χ3v) is 1.56. The first-order valence-corrected chi connectivity index (χ1v) is 6.18. The van der Waals surface area contributed by atoms with Crippen molar-refractivity contribution in [2.45, 2.75) is 40.7 Å². The van der Waals surface area contributed by atoms with Crippen LogP contribution >= 0.6 is 15.9 Å². The number of aliphatic hydroxyl groups is 1. The molecule has 0 aliphatic rings. The van der Waals surface area contributed by atoms with Crippen LogP contribution in [-0.4, -0.2) is 22.2 Å². The van der Waals surface area contributed by atoms with Crippen molar-refractivity contribution in [2.24, 2.45) is 4.99 Å². The Morgan fingerprint density at radius 2 is 1.88 bits per heavy atom. The lowest BCUT2D eigenvalue weighted by Crippen LogP contribution is -2.14. The number of carbonyl (C=O) groups is 1. The Labute approximate surface area is 113 Å². The molecule has 0 rings (SSSR count). The van der Waals surface area contributed by atoms with E-state index in [2.05, 4.69) is 32.8 Å². The number of aliphatic hydroxyl groups excluding tert-OH is 1. The maximum absolute atomic E-state index is 10.0. The molecule has 17 heavy (non-hydrogen) atoms. The summed E-state index contributed by atoms with van der Waals surface area (Å²) in [5, 5.41) is 10.5. The zero-order valence-electron chi connectivity index (χ0n) is 11.2. The van der Waals surface area contributed by atoms with Gasteiger partial charge in [0, 0.05) is 12.3 Å². The fraction of sp³-hybridized carbons (Fsp3) is 0.500. The van der Waals surface area contributed by atoms with Gasteiger partial charge in [0.2, 0.25) is 6.41 Å². The molecular formula is C12H23BrN2O2. The molecule has 0 unspecified atom stereocenters. The van der Waals surface area contributed by atoms with Crippen LogP contribution < -0.4 is 5.32 Å². The van der Waals surface area contributed by atoms with Gasteiger partial charge in [-0.1, -0.05) is 26.5 Å². The van der Waals surface area contributed by atoms with Gasteiger partial charge >= 0.3 is 0 Å². The van der Waals surface area contributed by atoms with Crippen LogP contribution in [0, 0.1) is 0 Å². The second kappa shape index (κ2) is 17.5. The number of nitrogens with one attached hydrogen (secondary N) is 1. The van der Waals surface area contributed by atoms with Crippen LogP contribution in [0.1, 0.15) is 34.6 Å². The summed E-state index contributed by atoms with van der Waals surface area (Å²) in [5.41, 5.74) is 0.625. The van der Waals surface area contributed by atoms with E-state index in [0.29, 0.717) is 16.7 Å². The molecule has 1 amide bonds. The fourth-order valence-electron chi connectivity index (χ4n) is 0.475. The average molecular weight is 307 g/mol. The molecule has 0 radical (unpaired) electrons. The smallest absolute Gasteiger partial charge is 0.211 e. The molecule has 2 N–H and O–H groups in total. The van der Waals surface area contributed by atoms with Crippen molar-refractivity contribution < 1.29 is 9.90 Å². The molecule has 4 nitrogen and oxygen atoms in total. The van der Waals surface area contributed by atoms with E-state index in [0.717, 1.165) is 0 Å².